The van der Waals surface area contributed by atoms with E-state index >= 15 is 0 Å². The van der Waals surface area contributed by atoms with Crippen molar-refractivity contribution in [3.8, 4) is 0 Å². The van der Waals surface area contributed by atoms with Gasteiger partial charge in [-0.1, -0.05) is 130 Å². The second kappa shape index (κ2) is 17.4. The molecule has 0 aromatic heterocycles. The number of unbranched alkanes of at least 4 members (excludes halogenated alkanes) is 10. The number of hydrogen-bond donors (Lipinski definition) is 0. The van der Waals surface area contributed by atoms with Crippen molar-refractivity contribution in [1.82, 2.24) is 0 Å². The van der Waals surface area contributed by atoms with Crippen molar-refractivity contribution in [2.75, 3.05) is 0 Å². The van der Waals surface area contributed by atoms with Gasteiger partial charge in [-0.2, -0.15) is 0 Å². The van der Waals surface area contributed by atoms with E-state index < -0.39 is 0 Å². The van der Waals surface area contributed by atoms with Crippen LogP contribution in [0.4, 0.5) is 0 Å². The zero-order valence-electron chi connectivity index (χ0n) is 16.5. The highest BCUT2D eigenvalue weighted by molar-refractivity contribution is 4.68. The summed E-state index contributed by atoms with van der Waals surface area (Å²) in [6.45, 7) is 9.50. The Hall–Kier alpha value is 0. The molecule has 0 amide bonds. The van der Waals surface area contributed by atoms with Crippen LogP contribution in [0.5, 0.6) is 0 Å². The highest BCUT2D eigenvalue weighted by Crippen LogP contribution is 2.29. The first kappa shape index (κ1) is 22.0. The minimum absolute atomic E-state index is 0.963. The molecule has 0 aromatic rings. The van der Waals surface area contributed by atoms with Crippen molar-refractivity contribution in [2.45, 2.75) is 130 Å². The van der Waals surface area contributed by atoms with Crippen molar-refractivity contribution >= 4 is 0 Å². The number of rotatable bonds is 17. The van der Waals surface area contributed by atoms with E-state index in [1.165, 1.54) is 103 Å². The molecule has 0 aliphatic carbocycles. The molecule has 22 heavy (non-hydrogen) atoms. The molecule has 0 heteroatoms. The Morgan fingerprint density at radius 1 is 0.455 bits per heavy atom. The van der Waals surface area contributed by atoms with Gasteiger partial charge in [0.05, 0.1) is 0 Å². The van der Waals surface area contributed by atoms with Crippen LogP contribution in [-0.2, 0) is 0 Å². The Bertz CT molecular complexity index is 196. The van der Waals surface area contributed by atoms with Crippen molar-refractivity contribution in [3.05, 3.63) is 0 Å². The highest BCUT2D eigenvalue weighted by Gasteiger charge is 2.16. The van der Waals surface area contributed by atoms with Crippen LogP contribution in [0.25, 0.3) is 0 Å². The van der Waals surface area contributed by atoms with Gasteiger partial charge in [0.25, 0.3) is 0 Å². The first-order chi connectivity index (χ1) is 10.8. The SMILES string of the molecule is CCCCCCCC(CCCCCC)C(C)CCCCCC. The fourth-order valence-electron chi connectivity index (χ4n) is 3.69. The Kier molecular flexibility index (Phi) is 17.4. The first-order valence-corrected chi connectivity index (χ1v) is 10.8. The molecular formula is C22H46. The molecule has 2 unspecified atom stereocenters. The maximum atomic E-state index is 2.54. The topological polar surface area (TPSA) is 0 Å². The van der Waals surface area contributed by atoms with E-state index in [9.17, 15) is 0 Å². The zero-order chi connectivity index (χ0) is 16.5. The van der Waals surface area contributed by atoms with E-state index in [4.69, 9.17) is 0 Å². The van der Waals surface area contributed by atoms with E-state index in [0.29, 0.717) is 0 Å². The van der Waals surface area contributed by atoms with Crippen LogP contribution in [0, 0.1) is 11.8 Å². The average molecular weight is 311 g/mol. The van der Waals surface area contributed by atoms with Crippen LogP contribution in [0.2, 0.25) is 0 Å². The van der Waals surface area contributed by atoms with Gasteiger partial charge in [-0.3, -0.25) is 0 Å². The van der Waals surface area contributed by atoms with Crippen LogP contribution >= 0.6 is 0 Å². The van der Waals surface area contributed by atoms with E-state index in [1.54, 1.807) is 0 Å². The maximum absolute atomic E-state index is 2.54. The summed E-state index contributed by atoms with van der Waals surface area (Å²) in [4.78, 5) is 0. The summed E-state index contributed by atoms with van der Waals surface area (Å²) < 4.78 is 0. The highest BCUT2D eigenvalue weighted by atomic mass is 14.2. The lowest BCUT2D eigenvalue weighted by atomic mass is 9.82. The van der Waals surface area contributed by atoms with Gasteiger partial charge in [-0.05, 0) is 11.8 Å². The Labute approximate surface area is 142 Å². The molecule has 0 rings (SSSR count). The minimum atomic E-state index is 0.963. The normalized spacial score (nSPS) is 14.2. The van der Waals surface area contributed by atoms with Crippen LogP contribution in [0.3, 0.4) is 0 Å². The fraction of sp³-hybridized carbons (Fsp3) is 1.00. The second-order valence-corrected chi connectivity index (χ2v) is 7.64. The molecule has 0 spiro atoms. The molecule has 0 aromatic carbocycles. The summed E-state index contributed by atoms with van der Waals surface area (Å²) in [6, 6.07) is 0. The molecule has 0 aliphatic rings. The third-order valence-electron chi connectivity index (χ3n) is 5.42. The smallest absolute Gasteiger partial charge is 0.0388 e. The molecule has 134 valence electrons. The van der Waals surface area contributed by atoms with Crippen LogP contribution in [-0.4, -0.2) is 0 Å². The maximum Gasteiger partial charge on any atom is -0.0388 e. The lowest BCUT2D eigenvalue weighted by Crippen LogP contribution is -2.12. The quantitative estimate of drug-likeness (QED) is 0.236. The lowest BCUT2D eigenvalue weighted by molar-refractivity contribution is 0.275. The van der Waals surface area contributed by atoms with E-state index in [0.717, 1.165) is 11.8 Å². The zero-order valence-corrected chi connectivity index (χ0v) is 16.5. The Balaban J connectivity index is 3.96. The van der Waals surface area contributed by atoms with Crippen LogP contribution < -0.4 is 0 Å². The molecule has 0 saturated heterocycles. The molecular weight excluding hydrogens is 264 g/mol. The lowest BCUT2D eigenvalue weighted by Gasteiger charge is -2.24. The molecule has 2 atom stereocenters. The Morgan fingerprint density at radius 2 is 0.818 bits per heavy atom. The summed E-state index contributed by atoms with van der Waals surface area (Å²) in [5.41, 5.74) is 0. The molecule has 0 aliphatic heterocycles. The number of hydrogen-bond acceptors (Lipinski definition) is 0. The summed E-state index contributed by atoms with van der Waals surface area (Å²) in [6.07, 6.45) is 23.2. The molecule has 0 radical (unpaired) electrons. The van der Waals surface area contributed by atoms with Gasteiger partial charge in [-0.25, -0.2) is 0 Å². The predicted octanol–water partition coefficient (Wildman–Crippen LogP) is 8.54. The summed E-state index contributed by atoms with van der Waals surface area (Å²) >= 11 is 0. The molecule has 0 nitrogen and oxygen atoms in total. The minimum Gasteiger partial charge on any atom is -0.0654 e. The molecule has 0 heterocycles. The molecule has 0 fully saturated rings. The second-order valence-electron chi connectivity index (χ2n) is 7.64. The fourth-order valence-corrected chi connectivity index (χ4v) is 3.69. The van der Waals surface area contributed by atoms with E-state index in [1.807, 2.05) is 0 Å². The standard InChI is InChI=1S/C22H46/c1-5-8-11-14-17-20-22(19-16-13-10-7-3)21(4)18-15-12-9-6-2/h21-22H,5-20H2,1-4H3. The first-order valence-electron chi connectivity index (χ1n) is 10.8. The van der Waals surface area contributed by atoms with E-state index in [-0.39, 0.29) is 0 Å². The van der Waals surface area contributed by atoms with Crippen molar-refractivity contribution in [2.24, 2.45) is 11.8 Å². The summed E-state index contributed by atoms with van der Waals surface area (Å²) in [5, 5.41) is 0. The van der Waals surface area contributed by atoms with Gasteiger partial charge in [0.15, 0.2) is 0 Å². The van der Waals surface area contributed by atoms with Gasteiger partial charge in [0.1, 0.15) is 0 Å². The van der Waals surface area contributed by atoms with Crippen LogP contribution in [0.15, 0.2) is 0 Å². The summed E-state index contributed by atoms with van der Waals surface area (Å²) in [7, 11) is 0. The van der Waals surface area contributed by atoms with Gasteiger partial charge in [0.2, 0.25) is 0 Å². The van der Waals surface area contributed by atoms with Gasteiger partial charge < -0.3 is 0 Å². The molecule has 0 bridgehead atoms. The van der Waals surface area contributed by atoms with Crippen molar-refractivity contribution in [3.63, 3.8) is 0 Å². The summed E-state index contributed by atoms with van der Waals surface area (Å²) in [5.74, 6) is 1.98. The van der Waals surface area contributed by atoms with E-state index in [2.05, 4.69) is 27.7 Å². The van der Waals surface area contributed by atoms with Gasteiger partial charge in [-0.15, -0.1) is 0 Å². The average Bonchev–Trinajstić information content (AvgIpc) is 2.53. The largest absolute Gasteiger partial charge is 0.0654 e. The molecule has 0 N–H and O–H groups in total. The molecule has 0 saturated carbocycles. The predicted molar refractivity (Wildman–Crippen MR) is 104 cm³/mol. The Morgan fingerprint density at radius 3 is 1.27 bits per heavy atom. The third-order valence-corrected chi connectivity index (χ3v) is 5.42. The monoisotopic (exact) mass is 310 g/mol. The van der Waals surface area contributed by atoms with Crippen molar-refractivity contribution < 1.29 is 0 Å². The van der Waals surface area contributed by atoms with Gasteiger partial charge in [0, 0.05) is 0 Å². The van der Waals surface area contributed by atoms with Crippen molar-refractivity contribution in [1.29, 1.82) is 0 Å². The van der Waals surface area contributed by atoms with Gasteiger partial charge >= 0.3 is 0 Å². The third kappa shape index (κ3) is 13.6. The van der Waals surface area contributed by atoms with Crippen LogP contribution in [0.1, 0.15) is 130 Å².